The molecule has 3 fully saturated rings. The van der Waals surface area contributed by atoms with Crippen LogP contribution in [0, 0.1) is 17.8 Å². The molecule has 0 aromatic rings. The molecule has 0 N–H and O–H groups in total. The quantitative estimate of drug-likeness (QED) is 0.665. The predicted octanol–water partition coefficient (Wildman–Crippen LogP) is 1.70. The topological polar surface area (TPSA) is 20.3 Å². The fourth-order valence-electron chi connectivity index (χ4n) is 3.66. The number of hydrogen-bond donors (Lipinski definition) is 0. The summed E-state index contributed by atoms with van der Waals surface area (Å²) in [6.07, 6.45) is 6.43. The molecule has 1 heterocycles. The van der Waals surface area contributed by atoms with Gasteiger partial charge in [-0.05, 0) is 51.1 Å². The summed E-state index contributed by atoms with van der Waals surface area (Å²) < 4.78 is 0. The van der Waals surface area contributed by atoms with Gasteiger partial charge in [-0.3, -0.25) is 4.79 Å². The third-order valence-electron chi connectivity index (χ3n) is 4.46. The summed E-state index contributed by atoms with van der Waals surface area (Å²) in [6, 6.07) is 0. The van der Waals surface area contributed by atoms with E-state index in [0.29, 0.717) is 17.6 Å². The van der Waals surface area contributed by atoms with Crippen LogP contribution in [0.5, 0.6) is 0 Å². The van der Waals surface area contributed by atoms with Crippen molar-refractivity contribution >= 4 is 5.78 Å². The minimum atomic E-state index is 0.423. The highest BCUT2D eigenvalue weighted by atomic mass is 16.1. The lowest BCUT2D eigenvalue weighted by Crippen LogP contribution is -2.34. The summed E-state index contributed by atoms with van der Waals surface area (Å²) in [5.41, 5.74) is 0. The molecular formula is C12H19NO. The van der Waals surface area contributed by atoms with Gasteiger partial charge in [0.2, 0.25) is 0 Å². The van der Waals surface area contributed by atoms with Gasteiger partial charge in [-0.15, -0.1) is 0 Å². The zero-order chi connectivity index (χ0) is 9.54. The number of hydrogen-bond acceptors (Lipinski definition) is 2. The first kappa shape index (κ1) is 8.90. The zero-order valence-electron chi connectivity index (χ0n) is 8.74. The molecule has 0 radical (unpaired) electrons. The van der Waals surface area contributed by atoms with Crippen molar-refractivity contribution in [2.45, 2.75) is 32.1 Å². The molecule has 3 aliphatic rings. The Morgan fingerprint density at radius 3 is 2.64 bits per heavy atom. The monoisotopic (exact) mass is 193 g/mol. The second kappa shape index (κ2) is 3.34. The maximum atomic E-state index is 11.9. The van der Waals surface area contributed by atoms with Crippen LogP contribution >= 0.6 is 0 Å². The maximum absolute atomic E-state index is 11.9. The Labute approximate surface area is 85.7 Å². The Morgan fingerprint density at radius 2 is 2.00 bits per heavy atom. The molecule has 0 spiro atoms. The van der Waals surface area contributed by atoms with Gasteiger partial charge in [-0.2, -0.15) is 0 Å². The highest BCUT2D eigenvalue weighted by Gasteiger charge is 2.46. The van der Waals surface area contributed by atoms with Crippen LogP contribution < -0.4 is 0 Å². The molecule has 2 bridgehead atoms. The molecule has 14 heavy (non-hydrogen) atoms. The molecule has 78 valence electrons. The number of rotatable bonds is 2. The normalized spacial score (nSPS) is 42.6. The Bertz CT molecular complexity index is 245. The van der Waals surface area contributed by atoms with Crippen LogP contribution in [0.4, 0.5) is 0 Å². The lowest BCUT2D eigenvalue weighted by atomic mass is 9.87. The Balaban J connectivity index is 1.64. The van der Waals surface area contributed by atoms with Crippen molar-refractivity contribution in [2.24, 2.45) is 17.8 Å². The van der Waals surface area contributed by atoms with E-state index in [-0.39, 0.29) is 0 Å². The second-order valence-electron chi connectivity index (χ2n) is 5.29. The highest BCUT2D eigenvalue weighted by Crippen LogP contribution is 2.46. The number of carbonyl (C=O) groups excluding carboxylic acids is 1. The van der Waals surface area contributed by atoms with Crippen LogP contribution in [0.15, 0.2) is 0 Å². The van der Waals surface area contributed by atoms with Gasteiger partial charge in [0.25, 0.3) is 0 Å². The average molecular weight is 193 g/mol. The van der Waals surface area contributed by atoms with Gasteiger partial charge >= 0.3 is 0 Å². The van der Waals surface area contributed by atoms with E-state index in [4.69, 9.17) is 0 Å². The van der Waals surface area contributed by atoms with E-state index < -0.39 is 0 Å². The third-order valence-corrected chi connectivity index (χ3v) is 4.46. The van der Waals surface area contributed by atoms with Crippen molar-refractivity contribution in [3.63, 3.8) is 0 Å². The zero-order valence-corrected chi connectivity index (χ0v) is 8.74. The van der Waals surface area contributed by atoms with E-state index in [1.807, 2.05) is 0 Å². The summed E-state index contributed by atoms with van der Waals surface area (Å²) in [4.78, 5) is 14.4. The first-order chi connectivity index (χ1) is 6.84. The van der Waals surface area contributed by atoms with Crippen molar-refractivity contribution in [1.82, 2.24) is 4.90 Å². The van der Waals surface area contributed by atoms with Gasteiger partial charge in [-0.1, -0.05) is 0 Å². The van der Waals surface area contributed by atoms with Crippen LogP contribution in [0.25, 0.3) is 0 Å². The number of fused-ring (bicyclic) bond motifs is 2. The number of Topliss-reactive ketones (excluding diaryl/α,β-unsaturated/α-hetero) is 1. The predicted molar refractivity (Wildman–Crippen MR) is 55.0 cm³/mol. The smallest absolute Gasteiger partial charge is 0.140 e. The van der Waals surface area contributed by atoms with Crippen LogP contribution in [-0.4, -0.2) is 30.3 Å². The SMILES string of the molecule is O=C1[C@@H]2CCC(C2)[C@@H]1CN1CCCC1. The van der Waals surface area contributed by atoms with Crippen LogP contribution in [-0.2, 0) is 4.79 Å². The minimum absolute atomic E-state index is 0.423. The van der Waals surface area contributed by atoms with Crippen molar-refractivity contribution in [3.8, 4) is 0 Å². The number of nitrogens with zero attached hydrogens (tertiary/aromatic N) is 1. The molecule has 1 saturated heterocycles. The Morgan fingerprint density at radius 1 is 1.21 bits per heavy atom. The first-order valence-electron chi connectivity index (χ1n) is 6.10. The molecule has 2 aliphatic carbocycles. The van der Waals surface area contributed by atoms with Gasteiger partial charge < -0.3 is 4.90 Å². The van der Waals surface area contributed by atoms with Crippen LogP contribution in [0.2, 0.25) is 0 Å². The van der Waals surface area contributed by atoms with E-state index in [9.17, 15) is 4.79 Å². The fourth-order valence-corrected chi connectivity index (χ4v) is 3.66. The van der Waals surface area contributed by atoms with E-state index in [1.54, 1.807) is 0 Å². The standard InChI is InChI=1S/C12H19NO/c14-12-10-4-3-9(7-10)11(12)8-13-5-1-2-6-13/h9-11H,1-8H2/t9?,10-,11+/m1/s1. The van der Waals surface area contributed by atoms with Crippen molar-refractivity contribution in [3.05, 3.63) is 0 Å². The number of ketones is 1. The molecule has 0 aromatic carbocycles. The Hall–Kier alpha value is -0.370. The summed E-state index contributed by atoms with van der Waals surface area (Å²) in [5.74, 6) is 2.25. The fraction of sp³-hybridized carbons (Fsp3) is 0.917. The van der Waals surface area contributed by atoms with Crippen molar-refractivity contribution in [1.29, 1.82) is 0 Å². The largest absolute Gasteiger partial charge is 0.303 e. The van der Waals surface area contributed by atoms with Crippen molar-refractivity contribution < 1.29 is 4.79 Å². The van der Waals surface area contributed by atoms with Gasteiger partial charge in [0.05, 0.1) is 0 Å². The van der Waals surface area contributed by atoms with E-state index in [1.165, 1.54) is 45.2 Å². The summed E-state index contributed by atoms with van der Waals surface area (Å²) in [5, 5.41) is 0. The summed E-state index contributed by atoms with van der Waals surface area (Å²) in [6.45, 7) is 3.56. The lowest BCUT2D eigenvalue weighted by Gasteiger charge is -2.25. The molecule has 2 heteroatoms. The molecule has 3 rings (SSSR count). The van der Waals surface area contributed by atoms with Gasteiger partial charge in [-0.25, -0.2) is 0 Å². The molecule has 1 aliphatic heterocycles. The van der Waals surface area contributed by atoms with E-state index in [0.717, 1.165) is 12.5 Å². The van der Waals surface area contributed by atoms with Gasteiger partial charge in [0.1, 0.15) is 5.78 Å². The molecule has 3 atom stereocenters. The Kier molecular flexibility index (Phi) is 2.12. The van der Waals surface area contributed by atoms with E-state index >= 15 is 0 Å². The molecule has 2 nitrogen and oxygen atoms in total. The number of carbonyl (C=O) groups is 1. The second-order valence-corrected chi connectivity index (χ2v) is 5.29. The summed E-state index contributed by atoms with van der Waals surface area (Å²) in [7, 11) is 0. The van der Waals surface area contributed by atoms with Gasteiger partial charge in [0.15, 0.2) is 0 Å². The third kappa shape index (κ3) is 1.31. The maximum Gasteiger partial charge on any atom is 0.140 e. The average Bonchev–Trinajstić information content (AvgIpc) is 2.87. The van der Waals surface area contributed by atoms with Crippen molar-refractivity contribution in [2.75, 3.05) is 19.6 Å². The number of likely N-dealkylation sites (tertiary alicyclic amines) is 1. The molecule has 0 aromatic heterocycles. The first-order valence-corrected chi connectivity index (χ1v) is 6.10. The molecule has 0 amide bonds. The molecule has 2 saturated carbocycles. The molecular weight excluding hydrogens is 174 g/mol. The van der Waals surface area contributed by atoms with E-state index in [2.05, 4.69) is 4.90 Å². The molecule has 1 unspecified atom stereocenters. The highest BCUT2D eigenvalue weighted by molar-refractivity contribution is 5.87. The minimum Gasteiger partial charge on any atom is -0.303 e. The summed E-state index contributed by atoms with van der Waals surface area (Å²) >= 11 is 0. The van der Waals surface area contributed by atoms with Gasteiger partial charge in [0, 0.05) is 18.4 Å². The lowest BCUT2D eigenvalue weighted by molar-refractivity contribution is -0.126. The van der Waals surface area contributed by atoms with Crippen LogP contribution in [0.1, 0.15) is 32.1 Å². The van der Waals surface area contributed by atoms with Crippen LogP contribution in [0.3, 0.4) is 0 Å².